The zero-order valence-electron chi connectivity index (χ0n) is 17.1. The van der Waals surface area contributed by atoms with Gasteiger partial charge in [-0.15, -0.1) is 12.4 Å². The van der Waals surface area contributed by atoms with Gasteiger partial charge in [0.25, 0.3) is 0 Å². The second kappa shape index (κ2) is 11.2. The van der Waals surface area contributed by atoms with E-state index in [-0.39, 0.29) is 18.3 Å². The van der Waals surface area contributed by atoms with Crippen LogP contribution in [0, 0.1) is 5.92 Å². The summed E-state index contributed by atoms with van der Waals surface area (Å²) in [5.41, 5.74) is 2.45. The zero-order valence-corrected chi connectivity index (χ0v) is 17.9. The van der Waals surface area contributed by atoms with Gasteiger partial charge < -0.3 is 9.80 Å². The summed E-state index contributed by atoms with van der Waals surface area (Å²) in [6.07, 6.45) is 3.65. The van der Waals surface area contributed by atoms with E-state index in [1.807, 2.05) is 18.2 Å². The molecule has 4 heteroatoms. The van der Waals surface area contributed by atoms with Crippen LogP contribution in [-0.4, -0.2) is 36.5 Å². The molecule has 1 heterocycles. The molecule has 152 valence electrons. The molecule has 3 rings (SSSR count). The number of amides is 1. The van der Waals surface area contributed by atoms with E-state index < -0.39 is 0 Å². The van der Waals surface area contributed by atoms with Crippen LogP contribution < -0.4 is 4.90 Å². The van der Waals surface area contributed by atoms with Gasteiger partial charge in [-0.1, -0.05) is 62.4 Å². The van der Waals surface area contributed by atoms with Crippen molar-refractivity contribution in [2.75, 3.05) is 24.5 Å². The number of para-hydroxylation sites is 1. The minimum absolute atomic E-state index is 0. The number of carbonyl (C=O) groups is 1. The summed E-state index contributed by atoms with van der Waals surface area (Å²) < 4.78 is 0. The van der Waals surface area contributed by atoms with Crippen LogP contribution in [0.3, 0.4) is 0 Å². The Bertz CT molecular complexity index is 707. The van der Waals surface area contributed by atoms with Gasteiger partial charge in [-0.2, -0.15) is 0 Å². The lowest BCUT2D eigenvalue weighted by Gasteiger charge is -2.43. The molecule has 0 radical (unpaired) electrons. The Morgan fingerprint density at radius 3 is 2.32 bits per heavy atom. The molecule has 0 saturated carbocycles. The number of carbonyl (C=O) groups excluding carboxylic acids is 1. The van der Waals surface area contributed by atoms with Gasteiger partial charge in [0.1, 0.15) is 0 Å². The molecule has 1 aliphatic heterocycles. The number of piperidine rings is 1. The Kier molecular flexibility index (Phi) is 9.01. The lowest BCUT2D eigenvalue weighted by molar-refractivity contribution is -0.119. The molecule has 28 heavy (non-hydrogen) atoms. The van der Waals surface area contributed by atoms with Crippen LogP contribution in [-0.2, 0) is 11.2 Å². The first kappa shape index (κ1) is 22.4. The highest BCUT2D eigenvalue weighted by atomic mass is 35.5. The highest BCUT2D eigenvalue weighted by Crippen LogP contribution is 2.28. The Hall–Kier alpha value is -1.84. The molecule has 1 amide bonds. The number of hydrogen-bond acceptors (Lipinski definition) is 2. The van der Waals surface area contributed by atoms with Crippen LogP contribution in [0.4, 0.5) is 5.69 Å². The molecule has 1 aliphatic rings. The maximum absolute atomic E-state index is 12.9. The minimum Gasteiger partial charge on any atom is -0.309 e. The van der Waals surface area contributed by atoms with Crippen molar-refractivity contribution in [2.45, 2.75) is 45.6 Å². The Morgan fingerprint density at radius 2 is 1.71 bits per heavy atom. The van der Waals surface area contributed by atoms with Gasteiger partial charge in [-0.25, -0.2) is 0 Å². The van der Waals surface area contributed by atoms with Crippen molar-refractivity contribution in [1.82, 2.24) is 4.90 Å². The quantitative estimate of drug-likeness (QED) is 0.638. The standard InChI is InChI=1S/C24H32N2O.ClH/c1-3-10-24(27)26(22-13-8-5-9-14-22)23-16-18-25(19-20(23)2)17-15-21-11-6-4-7-12-21;/h4-9,11-14,20,23H,3,10,15-19H2,1-2H3;1H/t20-,23+;/m0./s1. The van der Waals surface area contributed by atoms with Crippen LogP contribution in [0.25, 0.3) is 0 Å². The van der Waals surface area contributed by atoms with E-state index in [0.29, 0.717) is 18.4 Å². The molecule has 3 nitrogen and oxygen atoms in total. The predicted molar refractivity (Wildman–Crippen MR) is 120 cm³/mol. The third kappa shape index (κ3) is 5.83. The molecule has 0 unspecified atom stereocenters. The van der Waals surface area contributed by atoms with Crippen LogP contribution in [0.1, 0.15) is 38.7 Å². The molecule has 2 aromatic carbocycles. The summed E-state index contributed by atoms with van der Waals surface area (Å²) in [6, 6.07) is 21.2. The number of anilines is 1. The minimum atomic E-state index is 0. The van der Waals surface area contributed by atoms with Gasteiger partial charge in [0.05, 0.1) is 0 Å². The van der Waals surface area contributed by atoms with Crippen molar-refractivity contribution >= 4 is 24.0 Å². The lowest BCUT2D eigenvalue weighted by Crippen LogP contribution is -2.52. The molecule has 0 aliphatic carbocycles. The first-order valence-corrected chi connectivity index (χ1v) is 10.3. The molecule has 1 saturated heterocycles. The molecule has 0 bridgehead atoms. The van der Waals surface area contributed by atoms with Gasteiger partial charge in [0, 0.05) is 37.8 Å². The largest absolute Gasteiger partial charge is 0.309 e. The van der Waals surface area contributed by atoms with Crippen LogP contribution in [0.15, 0.2) is 60.7 Å². The molecular formula is C24H33ClN2O. The maximum atomic E-state index is 12.9. The van der Waals surface area contributed by atoms with Crippen molar-refractivity contribution in [3.8, 4) is 0 Å². The van der Waals surface area contributed by atoms with Crippen molar-refractivity contribution in [2.24, 2.45) is 5.92 Å². The smallest absolute Gasteiger partial charge is 0.227 e. The molecule has 1 fully saturated rings. The highest BCUT2D eigenvalue weighted by Gasteiger charge is 2.33. The maximum Gasteiger partial charge on any atom is 0.227 e. The summed E-state index contributed by atoms with van der Waals surface area (Å²) in [6.45, 7) is 7.59. The normalized spacial score (nSPS) is 19.6. The summed E-state index contributed by atoms with van der Waals surface area (Å²) in [5, 5.41) is 0. The molecule has 0 aromatic heterocycles. The number of benzene rings is 2. The summed E-state index contributed by atoms with van der Waals surface area (Å²) >= 11 is 0. The first-order valence-electron chi connectivity index (χ1n) is 10.3. The van der Waals surface area contributed by atoms with E-state index in [0.717, 1.165) is 44.6 Å². The number of likely N-dealkylation sites (tertiary alicyclic amines) is 1. The van der Waals surface area contributed by atoms with Crippen LogP contribution in [0.5, 0.6) is 0 Å². The Balaban J connectivity index is 0.00000280. The molecular weight excluding hydrogens is 368 g/mol. The Labute approximate surface area is 176 Å². The van der Waals surface area contributed by atoms with Crippen molar-refractivity contribution in [3.05, 3.63) is 66.2 Å². The number of halogens is 1. The van der Waals surface area contributed by atoms with E-state index in [1.165, 1.54) is 5.56 Å². The topological polar surface area (TPSA) is 23.6 Å². The molecule has 0 N–H and O–H groups in total. The average molecular weight is 401 g/mol. The third-order valence-corrected chi connectivity index (χ3v) is 5.60. The summed E-state index contributed by atoms with van der Waals surface area (Å²) in [7, 11) is 0. The van der Waals surface area contributed by atoms with Gasteiger partial charge in [-0.3, -0.25) is 4.79 Å². The van der Waals surface area contributed by atoms with Crippen LogP contribution >= 0.6 is 12.4 Å². The average Bonchev–Trinajstić information content (AvgIpc) is 2.70. The monoisotopic (exact) mass is 400 g/mol. The Morgan fingerprint density at radius 1 is 1.07 bits per heavy atom. The fraction of sp³-hybridized carbons (Fsp3) is 0.458. The van der Waals surface area contributed by atoms with Crippen molar-refractivity contribution < 1.29 is 4.79 Å². The summed E-state index contributed by atoms with van der Waals surface area (Å²) in [5.74, 6) is 0.730. The first-order chi connectivity index (χ1) is 13.2. The molecule has 2 aromatic rings. The van der Waals surface area contributed by atoms with E-state index in [9.17, 15) is 4.79 Å². The van der Waals surface area contributed by atoms with Crippen LogP contribution in [0.2, 0.25) is 0 Å². The number of hydrogen-bond donors (Lipinski definition) is 0. The van der Waals surface area contributed by atoms with Crippen molar-refractivity contribution in [3.63, 3.8) is 0 Å². The van der Waals surface area contributed by atoms with Gasteiger partial charge >= 0.3 is 0 Å². The van der Waals surface area contributed by atoms with Crippen molar-refractivity contribution in [1.29, 1.82) is 0 Å². The van der Waals surface area contributed by atoms with Gasteiger partial charge in [0.15, 0.2) is 0 Å². The number of rotatable bonds is 7. The molecule has 2 atom stereocenters. The van der Waals surface area contributed by atoms with E-state index in [4.69, 9.17) is 0 Å². The van der Waals surface area contributed by atoms with E-state index >= 15 is 0 Å². The second-order valence-corrected chi connectivity index (χ2v) is 7.72. The SMILES string of the molecule is CCCC(=O)N(c1ccccc1)[C@@H]1CCN(CCc2ccccc2)C[C@@H]1C.Cl. The lowest BCUT2D eigenvalue weighted by atomic mass is 9.91. The fourth-order valence-corrected chi connectivity index (χ4v) is 4.18. The number of nitrogens with zero attached hydrogens (tertiary/aromatic N) is 2. The molecule has 0 spiro atoms. The zero-order chi connectivity index (χ0) is 19.1. The highest BCUT2D eigenvalue weighted by molar-refractivity contribution is 5.94. The summed E-state index contributed by atoms with van der Waals surface area (Å²) in [4.78, 5) is 17.5. The van der Waals surface area contributed by atoms with Gasteiger partial charge in [0.2, 0.25) is 5.91 Å². The predicted octanol–water partition coefficient (Wildman–Crippen LogP) is 5.19. The third-order valence-electron chi connectivity index (χ3n) is 5.60. The second-order valence-electron chi connectivity index (χ2n) is 7.72. The van der Waals surface area contributed by atoms with E-state index in [2.05, 4.69) is 66.1 Å². The fourth-order valence-electron chi connectivity index (χ4n) is 4.18. The van der Waals surface area contributed by atoms with Gasteiger partial charge in [-0.05, 0) is 42.9 Å². The van der Waals surface area contributed by atoms with E-state index in [1.54, 1.807) is 0 Å².